The molecule has 0 radical (unpaired) electrons. The summed E-state index contributed by atoms with van der Waals surface area (Å²) in [5.41, 5.74) is 5.40. The molecule has 1 atom stereocenters. The summed E-state index contributed by atoms with van der Waals surface area (Å²) in [6.07, 6.45) is 3.15. The van der Waals surface area contributed by atoms with Crippen molar-refractivity contribution < 1.29 is 14.3 Å². The number of esters is 1. The molecule has 0 rings (SSSR count). The maximum Gasteiger partial charge on any atom is 0.343 e. The predicted molar refractivity (Wildman–Crippen MR) is 61.3 cm³/mol. The predicted octanol–water partition coefficient (Wildman–Crippen LogP) is 0.329. The molecule has 0 fully saturated rings. The number of allylic oxidation sites excluding steroid dienone is 2. The van der Waals surface area contributed by atoms with E-state index in [9.17, 15) is 9.59 Å². The Morgan fingerprint density at radius 3 is 2.25 bits per heavy atom. The van der Waals surface area contributed by atoms with Crippen LogP contribution in [-0.2, 0) is 14.3 Å². The summed E-state index contributed by atoms with van der Waals surface area (Å²) in [7, 11) is 1.21. The zero-order valence-corrected chi connectivity index (χ0v) is 9.44. The Hall–Kier alpha value is -1.62. The molecule has 3 N–H and O–H groups in total. The Morgan fingerprint density at radius 1 is 1.38 bits per heavy atom. The standard InChI is InChI=1S/C11H18N2O3/c1-4-6-8(7-5-2)10(14)13-9(12)11(15)16-3/h4-5,8-9H,1-2,6-7,12H2,3H3,(H,13,14)/t9-/m0/s1. The van der Waals surface area contributed by atoms with Crippen molar-refractivity contribution in [1.82, 2.24) is 5.32 Å². The lowest BCUT2D eigenvalue weighted by molar-refractivity contribution is -0.145. The van der Waals surface area contributed by atoms with Gasteiger partial charge in [0.1, 0.15) is 0 Å². The van der Waals surface area contributed by atoms with Gasteiger partial charge in [0, 0.05) is 5.92 Å². The highest BCUT2D eigenvalue weighted by Crippen LogP contribution is 2.09. The first-order valence-electron chi connectivity index (χ1n) is 4.92. The zero-order valence-electron chi connectivity index (χ0n) is 9.44. The number of rotatable bonds is 7. The summed E-state index contributed by atoms with van der Waals surface area (Å²) >= 11 is 0. The van der Waals surface area contributed by atoms with Gasteiger partial charge in [0.25, 0.3) is 0 Å². The van der Waals surface area contributed by atoms with Gasteiger partial charge in [-0.2, -0.15) is 0 Å². The van der Waals surface area contributed by atoms with E-state index in [1.807, 2.05) is 0 Å². The van der Waals surface area contributed by atoms with Gasteiger partial charge in [-0.3, -0.25) is 4.79 Å². The molecule has 0 unspecified atom stereocenters. The highest BCUT2D eigenvalue weighted by molar-refractivity contribution is 5.85. The molecule has 5 heteroatoms. The van der Waals surface area contributed by atoms with E-state index in [1.54, 1.807) is 12.2 Å². The zero-order chi connectivity index (χ0) is 12.6. The average molecular weight is 226 g/mol. The van der Waals surface area contributed by atoms with Crippen LogP contribution in [0.5, 0.6) is 0 Å². The van der Waals surface area contributed by atoms with Gasteiger partial charge in [-0.15, -0.1) is 13.2 Å². The van der Waals surface area contributed by atoms with Crippen LogP contribution in [0.4, 0.5) is 0 Å². The SMILES string of the molecule is C=CCC(CC=C)C(=O)N[C@H](N)C(=O)OC. The van der Waals surface area contributed by atoms with Crippen LogP contribution in [0.15, 0.2) is 25.3 Å². The fourth-order valence-electron chi connectivity index (χ4n) is 1.17. The van der Waals surface area contributed by atoms with E-state index in [0.717, 1.165) is 0 Å². The van der Waals surface area contributed by atoms with Gasteiger partial charge in [-0.1, -0.05) is 12.2 Å². The Bertz CT molecular complexity index is 266. The number of methoxy groups -OCH3 is 1. The number of carbonyl (C=O) groups is 2. The molecule has 90 valence electrons. The van der Waals surface area contributed by atoms with Gasteiger partial charge in [-0.25, -0.2) is 4.79 Å². The van der Waals surface area contributed by atoms with Crippen molar-refractivity contribution in [2.24, 2.45) is 11.7 Å². The molecule has 0 bridgehead atoms. The van der Waals surface area contributed by atoms with Crippen molar-refractivity contribution >= 4 is 11.9 Å². The molecule has 1 amide bonds. The van der Waals surface area contributed by atoms with E-state index in [0.29, 0.717) is 12.8 Å². The van der Waals surface area contributed by atoms with E-state index >= 15 is 0 Å². The third-order valence-electron chi connectivity index (χ3n) is 2.03. The van der Waals surface area contributed by atoms with E-state index in [2.05, 4.69) is 23.2 Å². The minimum atomic E-state index is -1.13. The quantitative estimate of drug-likeness (QED) is 0.372. The summed E-state index contributed by atoms with van der Waals surface area (Å²) in [5.74, 6) is -1.28. The number of carbonyl (C=O) groups excluding carboxylic acids is 2. The van der Waals surface area contributed by atoms with Crippen molar-refractivity contribution in [3.63, 3.8) is 0 Å². The third-order valence-corrected chi connectivity index (χ3v) is 2.03. The second-order valence-corrected chi connectivity index (χ2v) is 3.26. The molecule has 0 spiro atoms. The number of hydrogen-bond acceptors (Lipinski definition) is 4. The molecule has 16 heavy (non-hydrogen) atoms. The number of nitrogens with two attached hydrogens (primary N) is 1. The van der Waals surface area contributed by atoms with Gasteiger partial charge in [0.15, 0.2) is 6.17 Å². The van der Waals surface area contributed by atoms with Crippen LogP contribution in [0.25, 0.3) is 0 Å². The minimum Gasteiger partial charge on any atom is -0.466 e. The number of amides is 1. The molecule has 5 nitrogen and oxygen atoms in total. The first kappa shape index (κ1) is 14.4. The van der Waals surface area contributed by atoms with Gasteiger partial charge in [0.05, 0.1) is 7.11 Å². The minimum absolute atomic E-state index is 0.300. The fourth-order valence-corrected chi connectivity index (χ4v) is 1.17. The van der Waals surface area contributed by atoms with Crippen molar-refractivity contribution in [3.05, 3.63) is 25.3 Å². The molecule has 0 heterocycles. The van der Waals surface area contributed by atoms with Crippen molar-refractivity contribution in [2.45, 2.75) is 19.0 Å². The van der Waals surface area contributed by atoms with Gasteiger partial charge in [-0.05, 0) is 12.8 Å². The van der Waals surface area contributed by atoms with Crippen LogP contribution in [-0.4, -0.2) is 25.2 Å². The van der Waals surface area contributed by atoms with Crippen LogP contribution in [0.2, 0.25) is 0 Å². The molecule has 0 aromatic carbocycles. The molecular weight excluding hydrogens is 208 g/mol. The van der Waals surface area contributed by atoms with Gasteiger partial charge < -0.3 is 15.8 Å². The largest absolute Gasteiger partial charge is 0.466 e. The molecular formula is C11H18N2O3. The van der Waals surface area contributed by atoms with E-state index in [1.165, 1.54) is 7.11 Å². The lowest BCUT2D eigenvalue weighted by Gasteiger charge is -2.16. The molecule has 0 aliphatic rings. The average Bonchev–Trinajstić information content (AvgIpc) is 2.27. The maximum atomic E-state index is 11.7. The molecule has 0 saturated carbocycles. The summed E-state index contributed by atoms with van der Waals surface area (Å²) in [5, 5.41) is 2.37. The van der Waals surface area contributed by atoms with E-state index in [-0.39, 0.29) is 11.8 Å². The Morgan fingerprint density at radius 2 is 1.88 bits per heavy atom. The topological polar surface area (TPSA) is 81.4 Å². The fraction of sp³-hybridized carbons (Fsp3) is 0.455. The Balaban J connectivity index is 4.33. The highest BCUT2D eigenvalue weighted by Gasteiger charge is 2.21. The molecule has 0 aliphatic heterocycles. The normalized spacial score (nSPS) is 11.7. The van der Waals surface area contributed by atoms with Crippen LogP contribution in [0.1, 0.15) is 12.8 Å². The number of nitrogens with one attached hydrogen (secondary N) is 1. The van der Waals surface area contributed by atoms with Gasteiger partial charge >= 0.3 is 5.97 Å². The van der Waals surface area contributed by atoms with Crippen molar-refractivity contribution in [3.8, 4) is 0 Å². The summed E-state index contributed by atoms with van der Waals surface area (Å²) in [6, 6.07) is 0. The Kier molecular flexibility index (Phi) is 6.87. The number of ether oxygens (including phenoxy) is 1. The van der Waals surface area contributed by atoms with E-state index < -0.39 is 12.1 Å². The molecule has 0 aromatic heterocycles. The number of hydrogen-bond donors (Lipinski definition) is 2. The van der Waals surface area contributed by atoms with Crippen LogP contribution in [0.3, 0.4) is 0 Å². The second kappa shape index (κ2) is 7.64. The monoisotopic (exact) mass is 226 g/mol. The second-order valence-electron chi connectivity index (χ2n) is 3.26. The van der Waals surface area contributed by atoms with Crippen LogP contribution >= 0.6 is 0 Å². The first-order chi connectivity index (χ1) is 7.56. The van der Waals surface area contributed by atoms with E-state index in [4.69, 9.17) is 5.73 Å². The maximum absolute atomic E-state index is 11.7. The first-order valence-corrected chi connectivity index (χ1v) is 4.92. The lowest BCUT2D eigenvalue weighted by Crippen LogP contribution is -2.49. The summed E-state index contributed by atoms with van der Waals surface area (Å²) < 4.78 is 4.39. The van der Waals surface area contributed by atoms with Crippen molar-refractivity contribution in [2.75, 3.05) is 7.11 Å². The molecule has 0 aromatic rings. The highest BCUT2D eigenvalue weighted by atomic mass is 16.5. The van der Waals surface area contributed by atoms with Crippen LogP contribution in [0, 0.1) is 5.92 Å². The van der Waals surface area contributed by atoms with Gasteiger partial charge in [0.2, 0.25) is 5.91 Å². The van der Waals surface area contributed by atoms with Crippen LogP contribution < -0.4 is 11.1 Å². The summed E-state index contributed by atoms with van der Waals surface area (Å²) in [6.45, 7) is 7.12. The smallest absolute Gasteiger partial charge is 0.343 e. The lowest BCUT2D eigenvalue weighted by atomic mass is 10.0. The summed E-state index contributed by atoms with van der Waals surface area (Å²) in [4.78, 5) is 22.6. The Labute approximate surface area is 95.3 Å². The van der Waals surface area contributed by atoms with Crippen molar-refractivity contribution in [1.29, 1.82) is 0 Å². The molecule has 0 saturated heterocycles. The molecule has 0 aliphatic carbocycles. The third kappa shape index (κ3) is 4.75.